The van der Waals surface area contributed by atoms with Crippen LogP contribution in [0.3, 0.4) is 0 Å². The minimum Gasteiger partial charge on any atom is -0.375 e. The highest BCUT2D eigenvalue weighted by atomic mass is 16.5. The van der Waals surface area contributed by atoms with Crippen LogP contribution in [-0.4, -0.2) is 50.5 Å². The third-order valence-electron chi connectivity index (χ3n) is 2.09. The van der Waals surface area contributed by atoms with Crippen molar-refractivity contribution >= 4 is 6.21 Å². The topological polar surface area (TPSA) is 24.8 Å². The number of hydrogen-bond acceptors (Lipinski definition) is 3. The van der Waals surface area contributed by atoms with E-state index in [1.165, 1.54) is 13.1 Å². The maximum absolute atomic E-state index is 5.46. The van der Waals surface area contributed by atoms with Crippen molar-refractivity contribution in [1.29, 1.82) is 0 Å². The van der Waals surface area contributed by atoms with Crippen LogP contribution >= 0.6 is 0 Å². The lowest BCUT2D eigenvalue weighted by Gasteiger charge is -2.35. The second-order valence-electron chi connectivity index (χ2n) is 4.05. The molecule has 1 aliphatic rings. The fraction of sp³-hybridized carbons (Fsp3) is 0.900. The highest BCUT2D eigenvalue weighted by Gasteiger charge is 2.22. The Morgan fingerprint density at radius 3 is 2.77 bits per heavy atom. The molecular weight excluding hydrogens is 164 g/mol. The van der Waals surface area contributed by atoms with E-state index in [0.717, 1.165) is 12.5 Å². The Morgan fingerprint density at radius 2 is 2.23 bits per heavy atom. The molecule has 3 nitrogen and oxygen atoms in total. The van der Waals surface area contributed by atoms with Gasteiger partial charge in [0.2, 0.25) is 0 Å². The van der Waals surface area contributed by atoms with Gasteiger partial charge in [-0.3, -0.25) is 4.99 Å². The van der Waals surface area contributed by atoms with Crippen LogP contribution in [0.15, 0.2) is 4.99 Å². The van der Waals surface area contributed by atoms with Gasteiger partial charge in [0.25, 0.3) is 0 Å². The minimum absolute atomic E-state index is 0.387. The van der Waals surface area contributed by atoms with Gasteiger partial charge in [-0.15, -0.1) is 0 Å². The van der Waals surface area contributed by atoms with Gasteiger partial charge in [-0.1, -0.05) is 0 Å². The van der Waals surface area contributed by atoms with Crippen LogP contribution in [-0.2, 0) is 4.74 Å². The van der Waals surface area contributed by atoms with Crippen LogP contribution in [0.1, 0.15) is 13.8 Å². The molecule has 76 valence electrons. The molecule has 0 aliphatic carbocycles. The molecule has 0 saturated carbocycles. The fourth-order valence-corrected chi connectivity index (χ4v) is 1.47. The summed E-state index contributed by atoms with van der Waals surface area (Å²) in [6, 6.07) is 0.387. The zero-order valence-electron chi connectivity index (χ0n) is 8.86. The molecular formula is C10H20N2O. The molecule has 0 N–H and O–H groups in total. The van der Waals surface area contributed by atoms with Crippen molar-refractivity contribution in [3.8, 4) is 0 Å². The first-order chi connectivity index (χ1) is 6.18. The van der Waals surface area contributed by atoms with Crippen molar-refractivity contribution in [2.45, 2.75) is 19.9 Å². The van der Waals surface area contributed by atoms with E-state index in [1.807, 2.05) is 6.21 Å². The summed E-state index contributed by atoms with van der Waals surface area (Å²) in [5.41, 5.74) is 0. The van der Waals surface area contributed by atoms with Crippen LogP contribution in [0.2, 0.25) is 0 Å². The minimum atomic E-state index is 0.387. The first-order valence-corrected chi connectivity index (χ1v) is 4.96. The highest BCUT2D eigenvalue weighted by Crippen LogP contribution is 2.12. The van der Waals surface area contributed by atoms with E-state index in [0.29, 0.717) is 12.6 Å². The van der Waals surface area contributed by atoms with Crippen LogP contribution < -0.4 is 0 Å². The number of ether oxygens (including phenoxy) is 1. The van der Waals surface area contributed by atoms with Crippen molar-refractivity contribution in [2.24, 2.45) is 10.9 Å². The monoisotopic (exact) mass is 184 g/mol. The summed E-state index contributed by atoms with van der Waals surface area (Å²) in [7, 11) is 2.14. The molecule has 0 bridgehead atoms. The smallest absolute Gasteiger partial charge is 0.0814 e. The molecule has 0 aromatic rings. The van der Waals surface area contributed by atoms with Crippen molar-refractivity contribution in [3.05, 3.63) is 0 Å². The van der Waals surface area contributed by atoms with Crippen molar-refractivity contribution in [3.63, 3.8) is 0 Å². The number of rotatable bonds is 5. The van der Waals surface area contributed by atoms with Gasteiger partial charge in [0, 0.05) is 31.3 Å². The summed E-state index contributed by atoms with van der Waals surface area (Å²) < 4.78 is 5.46. The summed E-state index contributed by atoms with van der Waals surface area (Å²) in [5.74, 6) is 0.748. The lowest BCUT2D eigenvalue weighted by atomic mass is 10.0. The third kappa shape index (κ3) is 4.39. The molecule has 0 radical (unpaired) electrons. The van der Waals surface area contributed by atoms with E-state index in [-0.39, 0.29) is 0 Å². The number of aliphatic imine (C=N–C) groups is 1. The molecule has 1 rings (SSSR count). The average Bonchev–Trinajstić information content (AvgIpc) is 1.99. The number of hydrogen-bond donors (Lipinski definition) is 0. The Bertz CT molecular complexity index is 162. The second kappa shape index (κ2) is 5.35. The molecule has 3 heteroatoms. The van der Waals surface area contributed by atoms with Gasteiger partial charge in [-0.25, -0.2) is 0 Å². The van der Waals surface area contributed by atoms with E-state index in [1.54, 1.807) is 0 Å². The van der Waals surface area contributed by atoms with Gasteiger partial charge in [-0.05, 0) is 20.9 Å². The molecule has 1 fully saturated rings. The van der Waals surface area contributed by atoms with Gasteiger partial charge < -0.3 is 9.64 Å². The second-order valence-corrected chi connectivity index (χ2v) is 4.05. The highest BCUT2D eigenvalue weighted by molar-refractivity contribution is 5.58. The zero-order valence-corrected chi connectivity index (χ0v) is 8.86. The molecule has 0 aromatic carbocycles. The molecule has 0 aromatic heterocycles. The molecule has 1 heterocycles. The molecule has 1 aliphatic heterocycles. The standard InChI is InChI=1S/C10H20N2O/c1-9(2)11-4-5-13-8-10-6-12(3)7-10/h4,9-10H,5-8H2,1-3H3. The van der Waals surface area contributed by atoms with E-state index < -0.39 is 0 Å². The third-order valence-corrected chi connectivity index (χ3v) is 2.09. The molecule has 0 unspecified atom stereocenters. The van der Waals surface area contributed by atoms with Gasteiger partial charge in [0.05, 0.1) is 13.2 Å². The van der Waals surface area contributed by atoms with Crippen LogP contribution in [0.4, 0.5) is 0 Å². The normalized spacial score (nSPS) is 20.0. The summed E-state index contributed by atoms with van der Waals surface area (Å²) in [6.07, 6.45) is 1.87. The molecule has 0 spiro atoms. The fourth-order valence-electron chi connectivity index (χ4n) is 1.47. The van der Waals surface area contributed by atoms with E-state index in [4.69, 9.17) is 4.74 Å². The zero-order chi connectivity index (χ0) is 9.68. The largest absolute Gasteiger partial charge is 0.375 e. The number of nitrogens with zero attached hydrogens (tertiary/aromatic N) is 2. The maximum Gasteiger partial charge on any atom is 0.0814 e. The predicted molar refractivity (Wildman–Crippen MR) is 55.4 cm³/mol. The Kier molecular flexibility index (Phi) is 4.39. The van der Waals surface area contributed by atoms with Crippen molar-refractivity contribution < 1.29 is 4.74 Å². The molecule has 0 amide bonds. The Hall–Kier alpha value is -0.410. The Balaban J connectivity index is 1.90. The summed E-state index contributed by atoms with van der Waals surface area (Å²) in [4.78, 5) is 6.52. The van der Waals surface area contributed by atoms with Gasteiger partial charge in [0.15, 0.2) is 0 Å². The molecule has 0 atom stereocenters. The van der Waals surface area contributed by atoms with Gasteiger partial charge in [-0.2, -0.15) is 0 Å². The van der Waals surface area contributed by atoms with Crippen LogP contribution in [0.25, 0.3) is 0 Å². The predicted octanol–water partition coefficient (Wildman–Crippen LogP) is 1.04. The van der Waals surface area contributed by atoms with Gasteiger partial charge in [0.1, 0.15) is 0 Å². The SMILES string of the molecule is CC(C)N=CCOCC1CN(C)C1. The van der Waals surface area contributed by atoms with Gasteiger partial charge >= 0.3 is 0 Å². The summed E-state index contributed by atoms with van der Waals surface area (Å²) in [6.45, 7) is 8.05. The first-order valence-electron chi connectivity index (χ1n) is 4.96. The van der Waals surface area contributed by atoms with Crippen molar-refractivity contribution in [1.82, 2.24) is 4.90 Å². The Morgan fingerprint density at radius 1 is 1.54 bits per heavy atom. The summed E-state index contributed by atoms with van der Waals surface area (Å²) >= 11 is 0. The van der Waals surface area contributed by atoms with Crippen LogP contribution in [0.5, 0.6) is 0 Å². The van der Waals surface area contributed by atoms with E-state index >= 15 is 0 Å². The first kappa shape index (κ1) is 10.7. The maximum atomic E-state index is 5.46. The number of likely N-dealkylation sites (tertiary alicyclic amines) is 1. The van der Waals surface area contributed by atoms with E-state index in [9.17, 15) is 0 Å². The lowest BCUT2D eigenvalue weighted by Crippen LogP contribution is -2.45. The molecule has 1 saturated heterocycles. The average molecular weight is 184 g/mol. The van der Waals surface area contributed by atoms with E-state index in [2.05, 4.69) is 30.8 Å². The molecule has 13 heavy (non-hydrogen) atoms. The lowest BCUT2D eigenvalue weighted by molar-refractivity contribution is 0.0429. The Labute approximate surface area is 80.8 Å². The summed E-state index contributed by atoms with van der Waals surface area (Å²) in [5, 5.41) is 0. The van der Waals surface area contributed by atoms with Crippen molar-refractivity contribution in [2.75, 3.05) is 33.4 Å². The van der Waals surface area contributed by atoms with Crippen LogP contribution in [0, 0.1) is 5.92 Å². The quantitative estimate of drug-likeness (QED) is 0.471.